The first-order chi connectivity index (χ1) is 13.6. The van der Waals surface area contributed by atoms with Gasteiger partial charge < -0.3 is 9.73 Å². The fourth-order valence-electron chi connectivity index (χ4n) is 3.96. The molecule has 3 aromatic rings. The quantitative estimate of drug-likeness (QED) is 0.725. The van der Waals surface area contributed by atoms with Crippen molar-refractivity contribution >= 4 is 0 Å². The van der Waals surface area contributed by atoms with E-state index in [1.54, 1.807) is 29.2 Å². The highest BCUT2D eigenvalue weighted by atomic mass is 16.3. The summed E-state index contributed by atoms with van der Waals surface area (Å²) in [6.07, 6.45) is 7.41. The number of pyridine rings is 1. The molecule has 0 aromatic carbocycles. The fraction of sp³-hybridized carbons (Fsp3) is 0.409. The maximum absolute atomic E-state index is 12.4. The zero-order chi connectivity index (χ0) is 19.5. The van der Waals surface area contributed by atoms with Crippen molar-refractivity contribution in [1.82, 2.24) is 20.1 Å². The van der Waals surface area contributed by atoms with Crippen LogP contribution in [0, 0.1) is 6.92 Å². The maximum Gasteiger partial charge on any atom is 0.267 e. The predicted octanol–water partition coefficient (Wildman–Crippen LogP) is 4.04. The van der Waals surface area contributed by atoms with E-state index < -0.39 is 0 Å². The molecule has 3 aromatic heterocycles. The van der Waals surface area contributed by atoms with Gasteiger partial charge in [-0.25, -0.2) is 4.68 Å². The SMILES string of the molecule is Cc1ccc(C(C)NC2CCC(n3nc(-c4cccnc4)ccc3=O)CC2)o1. The standard InChI is InChI=1S/C22H26N4O2/c1-15-5-11-21(28-15)16(2)24-18-6-8-19(9-7-18)26-22(27)12-10-20(25-26)17-4-3-13-23-14-17/h3-5,10-14,16,18-19,24H,6-9H2,1-2H3. The van der Waals surface area contributed by atoms with Gasteiger partial charge in [0.15, 0.2) is 0 Å². The average molecular weight is 378 g/mol. The first kappa shape index (κ1) is 18.6. The molecule has 0 bridgehead atoms. The third kappa shape index (κ3) is 4.07. The molecule has 0 aliphatic heterocycles. The normalized spacial score (nSPS) is 20.8. The lowest BCUT2D eigenvalue weighted by Gasteiger charge is -2.31. The molecule has 146 valence electrons. The van der Waals surface area contributed by atoms with Gasteiger partial charge in [0.2, 0.25) is 0 Å². The number of rotatable bonds is 5. The van der Waals surface area contributed by atoms with Gasteiger partial charge in [-0.1, -0.05) is 0 Å². The molecule has 6 nitrogen and oxygen atoms in total. The third-order valence-corrected chi connectivity index (χ3v) is 5.50. The van der Waals surface area contributed by atoms with Crippen molar-refractivity contribution in [1.29, 1.82) is 0 Å². The van der Waals surface area contributed by atoms with Crippen molar-refractivity contribution in [2.75, 3.05) is 0 Å². The molecule has 1 fully saturated rings. The van der Waals surface area contributed by atoms with E-state index in [1.807, 2.05) is 31.2 Å². The lowest BCUT2D eigenvalue weighted by molar-refractivity contribution is 0.252. The Labute approximate surface area is 164 Å². The van der Waals surface area contributed by atoms with Gasteiger partial charge in [0.1, 0.15) is 11.5 Å². The zero-order valence-electron chi connectivity index (χ0n) is 16.3. The van der Waals surface area contributed by atoms with E-state index in [4.69, 9.17) is 4.42 Å². The Balaban J connectivity index is 1.42. The van der Waals surface area contributed by atoms with Crippen LogP contribution in [0.25, 0.3) is 11.3 Å². The highest BCUT2D eigenvalue weighted by Crippen LogP contribution is 2.29. The molecule has 1 unspecified atom stereocenters. The van der Waals surface area contributed by atoms with Gasteiger partial charge in [-0.05, 0) is 69.9 Å². The molecule has 0 radical (unpaired) electrons. The van der Waals surface area contributed by atoms with E-state index in [9.17, 15) is 4.79 Å². The van der Waals surface area contributed by atoms with Gasteiger partial charge in [0, 0.05) is 30.1 Å². The summed E-state index contributed by atoms with van der Waals surface area (Å²) in [4.78, 5) is 16.6. The van der Waals surface area contributed by atoms with Crippen LogP contribution < -0.4 is 10.9 Å². The van der Waals surface area contributed by atoms with E-state index in [-0.39, 0.29) is 17.6 Å². The minimum absolute atomic E-state index is 0.0384. The number of furan rings is 1. The van der Waals surface area contributed by atoms with Crippen LogP contribution in [0.2, 0.25) is 0 Å². The molecule has 4 rings (SSSR count). The van der Waals surface area contributed by atoms with Crippen LogP contribution >= 0.6 is 0 Å². The molecule has 0 saturated heterocycles. The molecule has 1 N–H and O–H groups in total. The Morgan fingerprint density at radius 2 is 1.96 bits per heavy atom. The summed E-state index contributed by atoms with van der Waals surface area (Å²) in [7, 11) is 0. The van der Waals surface area contributed by atoms with Crippen LogP contribution in [0.3, 0.4) is 0 Å². The molecule has 6 heteroatoms. The smallest absolute Gasteiger partial charge is 0.267 e. The Morgan fingerprint density at radius 1 is 1.14 bits per heavy atom. The second-order valence-corrected chi connectivity index (χ2v) is 7.59. The minimum Gasteiger partial charge on any atom is -0.465 e. The van der Waals surface area contributed by atoms with Crippen LogP contribution in [0.5, 0.6) is 0 Å². The number of hydrogen-bond acceptors (Lipinski definition) is 5. The fourth-order valence-corrected chi connectivity index (χ4v) is 3.96. The van der Waals surface area contributed by atoms with E-state index in [1.165, 1.54) is 0 Å². The molecule has 1 aliphatic carbocycles. The minimum atomic E-state index is -0.0384. The van der Waals surface area contributed by atoms with Crippen molar-refractivity contribution in [2.24, 2.45) is 0 Å². The van der Waals surface area contributed by atoms with Crippen molar-refractivity contribution < 1.29 is 4.42 Å². The van der Waals surface area contributed by atoms with Gasteiger partial charge in [-0.2, -0.15) is 5.10 Å². The third-order valence-electron chi connectivity index (χ3n) is 5.50. The van der Waals surface area contributed by atoms with Crippen molar-refractivity contribution in [3.63, 3.8) is 0 Å². The molecule has 0 amide bonds. The van der Waals surface area contributed by atoms with E-state index >= 15 is 0 Å². The van der Waals surface area contributed by atoms with Crippen LogP contribution in [-0.2, 0) is 0 Å². The van der Waals surface area contributed by atoms with Gasteiger partial charge in [0.25, 0.3) is 5.56 Å². The summed E-state index contributed by atoms with van der Waals surface area (Å²) in [6.45, 7) is 4.10. The van der Waals surface area contributed by atoms with Crippen LogP contribution in [-0.4, -0.2) is 20.8 Å². The van der Waals surface area contributed by atoms with Crippen molar-refractivity contribution in [3.05, 3.63) is 70.7 Å². The number of hydrogen-bond donors (Lipinski definition) is 1. The summed E-state index contributed by atoms with van der Waals surface area (Å²) in [5.41, 5.74) is 1.67. The maximum atomic E-state index is 12.4. The highest BCUT2D eigenvalue weighted by Gasteiger charge is 2.25. The van der Waals surface area contributed by atoms with Crippen LogP contribution in [0.15, 0.2) is 58.0 Å². The molecule has 1 saturated carbocycles. The van der Waals surface area contributed by atoms with Gasteiger partial charge in [-0.3, -0.25) is 9.78 Å². The first-order valence-electron chi connectivity index (χ1n) is 9.93. The van der Waals surface area contributed by atoms with Gasteiger partial charge in [-0.15, -0.1) is 0 Å². The molecule has 1 aliphatic rings. The first-order valence-corrected chi connectivity index (χ1v) is 9.93. The van der Waals surface area contributed by atoms with Gasteiger partial charge >= 0.3 is 0 Å². The van der Waals surface area contributed by atoms with Crippen LogP contribution in [0.1, 0.15) is 56.2 Å². The molecular formula is C22H26N4O2. The topological polar surface area (TPSA) is 73.0 Å². The largest absolute Gasteiger partial charge is 0.465 e. The molecule has 1 atom stereocenters. The van der Waals surface area contributed by atoms with Gasteiger partial charge in [0.05, 0.1) is 17.8 Å². The van der Waals surface area contributed by atoms with Crippen molar-refractivity contribution in [3.8, 4) is 11.3 Å². The van der Waals surface area contributed by atoms with E-state index in [2.05, 4.69) is 22.3 Å². The second-order valence-electron chi connectivity index (χ2n) is 7.59. The lowest BCUT2D eigenvalue weighted by Crippen LogP contribution is -2.37. The summed E-state index contributed by atoms with van der Waals surface area (Å²) >= 11 is 0. The molecule has 0 spiro atoms. The average Bonchev–Trinajstić information content (AvgIpc) is 3.16. The second kappa shape index (κ2) is 8.10. The summed E-state index contributed by atoms with van der Waals surface area (Å²) in [5, 5.41) is 8.29. The van der Waals surface area contributed by atoms with Crippen LogP contribution in [0.4, 0.5) is 0 Å². The zero-order valence-corrected chi connectivity index (χ0v) is 16.3. The molecule has 28 heavy (non-hydrogen) atoms. The monoisotopic (exact) mass is 378 g/mol. The lowest BCUT2D eigenvalue weighted by atomic mass is 9.90. The van der Waals surface area contributed by atoms with Crippen molar-refractivity contribution in [2.45, 2.75) is 57.7 Å². The number of nitrogens with zero attached hydrogens (tertiary/aromatic N) is 3. The summed E-state index contributed by atoms with van der Waals surface area (Å²) in [6, 6.07) is 12.0. The number of aromatic nitrogens is 3. The Bertz CT molecular complexity index is 971. The molecular weight excluding hydrogens is 352 g/mol. The van der Waals surface area contributed by atoms with E-state index in [0.717, 1.165) is 48.5 Å². The number of nitrogens with one attached hydrogen (secondary N) is 1. The Hall–Kier alpha value is -2.73. The highest BCUT2D eigenvalue weighted by molar-refractivity contribution is 5.56. The van der Waals surface area contributed by atoms with E-state index in [0.29, 0.717) is 6.04 Å². The Morgan fingerprint density at radius 3 is 2.64 bits per heavy atom. The summed E-state index contributed by atoms with van der Waals surface area (Å²) in [5.74, 6) is 1.91. The number of aryl methyl sites for hydroxylation is 1. The Kier molecular flexibility index (Phi) is 5.39. The summed E-state index contributed by atoms with van der Waals surface area (Å²) < 4.78 is 7.39. The predicted molar refractivity (Wildman–Crippen MR) is 108 cm³/mol. The molecule has 3 heterocycles.